The number of carbonyl (C=O) groups is 1. The molecule has 3 aromatic rings. The van der Waals surface area contributed by atoms with Gasteiger partial charge in [0.2, 0.25) is 0 Å². The topological polar surface area (TPSA) is 105 Å². The summed E-state index contributed by atoms with van der Waals surface area (Å²) in [4.78, 5) is 14.7. The van der Waals surface area contributed by atoms with E-state index in [1.807, 2.05) is 38.1 Å². The first-order chi connectivity index (χ1) is 17.9. The van der Waals surface area contributed by atoms with E-state index in [1.54, 1.807) is 33.0 Å². The number of hydrogen-bond donors (Lipinski definition) is 3. The molecule has 0 fully saturated rings. The average molecular weight is 521 g/mol. The van der Waals surface area contributed by atoms with Gasteiger partial charge in [0.25, 0.3) is 0 Å². The number of rotatable bonds is 7. The van der Waals surface area contributed by atoms with Crippen LogP contribution in [0.2, 0.25) is 0 Å². The average Bonchev–Trinajstić information content (AvgIpc) is 3.06. The summed E-state index contributed by atoms with van der Waals surface area (Å²) in [5, 5.41) is 11.7. The van der Waals surface area contributed by atoms with Crippen LogP contribution >= 0.6 is 0 Å². The Labute approximate surface area is 223 Å². The molecule has 0 radical (unpaired) electrons. The number of aliphatic carboxylic acids is 1. The van der Waals surface area contributed by atoms with Crippen LogP contribution < -0.4 is 21.3 Å². The summed E-state index contributed by atoms with van der Waals surface area (Å²) in [6, 6.07) is 14.8. The second kappa shape index (κ2) is 10.6. The lowest BCUT2D eigenvalue weighted by Crippen LogP contribution is -2.33. The molecule has 202 valence electrons. The molecule has 38 heavy (non-hydrogen) atoms. The number of nitrogen functional groups attached to an aromatic ring is 1. The Morgan fingerprint density at radius 2 is 1.95 bits per heavy atom. The number of nitrogens with two attached hydrogens (primary N) is 2. The third-order valence-corrected chi connectivity index (χ3v) is 7.72. The molecule has 5 N–H and O–H groups in total. The highest BCUT2D eigenvalue weighted by Crippen LogP contribution is 2.45. The number of ether oxygens (including phenoxy) is 1. The van der Waals surface area contributed by atoms with Crippen molar-refractivity contribution in [3.05, 3.63) is 87.7 Å². The lowest BCUT2D eigenvalue weighted by molar-refractivity contribution is -0.147. The number of hydrogen-bond acceptors (Lipinski definition) is 6. The molecule has 0 saturated carbocycles. The normalized spacial score (nSPS) is 14.8. The summed E-state index contributed by atoms with van der Waals surface area (Å²) in [6.07, 6.45) is 0. The number of carboxylic acid groups (broad SMARTS) is 1. The van der Waals surface area contributed by atoms with Crippen LogP contribution in [0.5, 0.6) is 5.75 Å². The maximum Gasteiger partial charge on any atom is 0.310 e. The number of fused-ring (bicyclic) bond motifs is 1. The second-order valence-electron chi connectivity index (χ2n) is 10.7. The Morgan fingerprint density at radius 1 is 1.21 bits per heavy atom. The smallest absolute Gasteiger partial charge is 0.310 e. The highest BCUT2D eigenvalue weighted by Gasteiger charge is 2.40. The minimum Gasteiger partial charge on any atom is -0.492 e. The van der Waals surface area contributed by atoms with E-state index in [4.69, 9.17) is 16.3 Å². The van der Waals surface area contributed by atoms with E-state index in [9.17, 15) is 14.3 Å². The van der Waals surface area contributed by atoms with Crippen LogP contribution in [0.15, 0.2) is 48.5 Å². The Kier molecular flexibility index (Phi) is 7.67. The van der Waals surface area contributed by atoms with Gasteiger partial charge < -0.3 is 20.6 Å². The number of benzene rings is 3. The van der Waals surface area contributed by atoms with Crippen molar-refractivity contribution in [1.82, 2.24) is 4.90 Å². The summed E-state index contributed by atoms with van der Waals surface area (Å²) in [7, 11) is 1.72. The highest BCUT2D eigenvalue weighted by atomic mass is 19.1. The lowest BCUT2D eigenvalue weighted by atomic mass is 9.69. The number of nitrogens with zero attached hydrogens (tertiary/aromatic N) is 2. The molecule has 0 spiro atoms. The second-order valence-corrected chi connectivity index (χ2v) is 10.7. The third-order valence-electron chi connectivity index (χ3n) is 7.72. The molecule has 0 bridgehead atoms. The van der Waals surface area contributed by atoms with E-state index in [0.29, 0.717) is 48.9 Å². The molecular formula is C30H37FN4O3. The molecule has 0 aromatic heterocycles. The van der Waals surface area contributed by atoms with Gasteiger partial charge in [0, 0.05) is 38.2 Å². The minimum atomic E-state index is -1.13. The number of anilines is 2. The Bertz CT molecular complexity index is 1360. The van der Waals surface area contributed by atoms with Crippen LogP contribution in [0.4, 0.5) is 15.8 Å². The van der Waals surface area contributed by atoms with Gasteiger partial charge in [-0.3, -0.25) is 9.69 Å². The van der Waals surface area contributed by atoms with E-state index in [1.165, 1.54) is 11.1 Å². The van der Waals surface area contributed by atoms with Gasteiger partial charge in [0.15, 0.2) is 0 Å². The van der Waals surface area contributed by atoms with Crippen LogP contribution in [0.1, 0.15) is 53.1 Å². The van der Waals surface area contributed by atoms with E-state index in [2.05, 4.69) is 11.0 Å². The van der Waals surface area contributed by atoms with Crippen LogP contribution in [0.3, 0.4) is 0 Å². The van der Waals surface area contributed by atoms with Crippen molar-refractivity contribution in [2.24, 2.45) is 11.3 Å². The molecule has 4 rings (SSSR count). The first kappa shape index (κ1) is 27.4. The third kappa shape index (κ3) is 5.19. The molecular weight excluding hydrogens is 483 g/mol. The van der Waals surface area contributed by atoms with Crippen LogP contribution in [0.25, 0.3) is 0 Å². The first-order valence-electron chi connectivity index (χ1n) is 12.7. The molecule has 1 aliphatic rings. The maximum atomic E-state index is 14.6. The summed E-state index contributed by atoms with van der Waals surface area (Å²) in [6.45, 7) is 9.54. The summed E-state index contributed by atoms with van der Waals surface area (Å²) in [5.74, 6) is 4.89. The monoisotopic (exact) mass is 520 g/mol. The van der Waals surface area contributed by atoms with Gasteiger partial charge >= 0.3 is 5.97 Å². The molecule has 1 aliphatic heterocycles. The predicted molar refractivity (Wildman–Crippen MR) is 149 cm³/mol. The maximum absolute atomic E-state index is 14.6. The fourth-order valence-electron chi connectivity index (χ4n) is 5.29. The molecule has 0 aliphatic carbocycles. The Morgan fingerprint density at radius 3 is 2.63 bits per heavy atom. The van der Waals surface area contributed by atoms with E-state index in [0.717, 1.165) is 27.8 Å². The Balaban J connectivity index is 1.76. The van der Waals surface area contributed by atoms with Gasteiger partial charge in [-0.15, -0.1) is 0 Å². The summed E-state index contributed by atoms with van der Waals surface area (Å²) in [5.41, 5.74) is 11.7. The van der Waals surface area contributed by atoms with Crippen molar-refractivity contribution < 1.29 is 19.0 Å². The molecule has 1 heterocycles. The summed E-state index contributed by atoms with van der Waals surface area (Å²) < 4.78 is 20.4. The van der Waals surface area contributed by atoms with Crippen LogP contribution in [-0.4, -0.2) is 36.2 Å². The van der Waals surface area contributed by atoms with Crippen molar-refractivity contribution in [3.8, 4) is 5.75 Å². The van der Waals surface area contributed by atoms with Crippen LogP contribution in [0, 0.1) is 25.1 Å². The van der Waals surface area contributed by atoms with Gasteiger partial charge in [0.05, 0.1) is 16.8 Å². The van der Waals surface area contributed by atoms with Crippen molar-refractivity contribution in [3.63, 3.8) is 0 Å². The van der Waals surface area contributed by atoms with Crippen LogP contribution in [-0.2, 0) is 17.9 Å². The zero-order valence-electron chi connectivity index (χ0n) is 22.7. The summed E-state index contributed by atoms with van der Waals surface area (Å²) >= 11 is 0. The quantitative estimate of drug-likeness (QED) is 0.229. The van der Waals surface area contributed by atoms with Crippen molar-refractivity contribution in [1.29, 1.82) is 0 Å². The van der Waals surface area contributed by atoms with E-state index in [-0.39, 0.29) is 5.82 Å². The number of aryl methyl sites for hydroxylation is 1. The molecule has 3 aromatic carbocycles. The molecule has 1 atom stereocenters. The molecule has 7 nitrogen and oxygen atoms in total. The highest BCUT2D eigenvalue weighted by molar-refractivity contribution is 5.78. The largest absolute Gasteiger partial charge is 0.492 e. The SMILES string of the molecule is Cc1ccc(C(c2ccc(N(C)N)c(N)c2C)C(C)(C)C(=O)O)cc1CN1CCOc2cccc(F)c2C1. The molecule has 0 amide bonds. The fraction of sp³-hybridized carbons (Fsp3) is 0.367. The first-order valence-corrected chi connectivity index (χ1v) is 12.7. The van der Waals surface area contributed by atoms with Crippen molar-refractivity contribution in [2.75, 3.05) is 30.9 Å². The van der Waals surface area contributed by atoms with Crippen molar-refractivity contribution in [2.45, 2.75) is 46.7 Å². The zero-order valence-corrected chi connectivity index (χ0v) is 22.7. The van der Waals surface area contributed by atoms with E-state index < -0.39 is 17.3 Å². The predicted octanol–water partition coefficient (Wildman–Crippen LogP) is 4.97. The zero-order chi connectivity index (χ0) is 27.8. The van der Waals surface area contributed by atoms with E-state index >= 15 is 0 Å². The number of hydrazine groups is 1. The molecule has 1 unspecified atom stereocenters. The van der Waals surface area contributed by atoms with Gasteiger partial charge in [0.1, 0.15) is 18.2 Å². The van der Waals surface area contributed by atoms with Gasteiger partial charge in [-0.1, -0.05) is 30.3 Å². The number of halogens is 1. The van der Waals surface area contributed by atoms with Gasteiger partial charge in [-0.2, -0.15) is 0 Å². The molecule has 0 saturated heterocycles. The standard InChI is InChI=1S/C30H37FN4O3/c1-18-9-10-20(15-21(18)16-35-13-14-38-26-8-6-7-24(31)23(26)17-35)27(30(3,4)29(36)37)22-11-12-25(34(5)33)28(32)19(22)2/h6-12,15,27H,13-14,16-17,32-33H2,1-5H3,(H,36,37). The lowest BCUT2D eigenvalue weighted by Gasteiger charge is -2.34. The van der Waals surface area contributed by atoms with Gasteiger partial charge in [-0.25, -0.2) is 10.2 Å². The fourth-order valence-corrected chi connectivity index (χ4v) is 5.29. The van der Waals surface area contributed by atoms with Gasteiger partial charge in [-0.05, 0) is 73.7 Å². The number of carboxylic acids is 1. The van der Waals surface area contributed by atoms with Crippen molar-refractivity contribution >= 4 is 17.3 Å². The molecule has 8 heteroatoms. The minimum absolute atomic E-state index is 0.275. The Hall–Kier alpha value is -3.62.